The Kier molecular flexibility index (Phi) is 4.18. The molecule has 0 bridgehead atoms. The maximum absolute atomic E-state index is 11.1. The van der Waals surface area contributed by atoms with E-state index in [2.05, 4.69) is 34.7 Å². The highest BCUT2D eigenvalue weighted by Gasteiger charge is 1.97. The Morgan fingerprint density at radius 3 is 2.71 bits per heavy atom. The van der Waals surface area contributed by atoms with E-state index in [0.29, 0.717) is 5.75 Å². The van der Waals surface area contributed by atoms with Gasteiger partial charge in [-0.25, -0.2) is 0 Å². The lowest BCUT2D eigenvalue weighted by atomic mass is 10.1. The quantitative estimate of drug-likeness (QED) is 0.602. The molecule has 0 aliphatic heterocycles. The molecule has 0 heterocycles. The molecular weight excluding hydrogens is 230 g/mol. The first-order chi connectivity index (χ1) is 8.29. The Hall–Kier alpha value is -1.32. The molecule has 0 aliphatic carbocycles. The van der Waals surface area contributed by atoms with E-state index in [0.717, 1.165) is 6.42 Å². The molecule has 1 unspecified atom stereocenters. The maximum atomic E-state index is 11.1. The van der Waals surface area contributed by atoms with Crippen LogP contribution in [0.15, 0.2) is 46.9 Å². The molecule has 2 aromatic carbocycles. The lowest BCUT2D eigenvalue weighted by Gasteiger charge is -2.01. The van der Waals surface area contributed by atoms with Gasteiger partial charge in [-0.2, -0.15) is 0 Å². The molecule has 0 spiro atoms. The van der Waals surface area contributed by atoms with Crippen molar-refractivity contribution in [2.45, 2.75) is 13.3 Å². The van der Waals surface area contributed by atoms with E-state index in [1.54, 1.807) is 6.21 Å². The van der Waals surface area contributed by atoms with Crippen LogP contribution in [0.4, 0.5) is 0 Å². The molecule has 2 rings (SSSR count). The zero-order chi connectivity index (χ0) is 12.1. The predicted molar refractivity (Wildman–Crippen MR) is 74.8 cm³/mol. The molecule has 0 N–H and O–H groups in total. The van der Waals surface area contributed by atoms with Gasteiger partial charge < -0.3 is 4.55 Å². The van der Waals surface area contributed by atoms with E-state index >= 15 is 0 Å². The molecule has 0 aromatic heterocycles. The summed E-state index contributed by atoms with van der Waals surface area (Å²) in [5.41, 5.74) is 1.19. The Bertz CT molecular complexity index is 524. The van der Waals surface area contributed by atoms with Gasteiger partial charge in [0, 0.05) is 6.42 Å². The van der Waals surface area contributed by atoms with Gasteiger partial charge in [-0.1, -0.05) is 46.9 Å². The van der Waals surface area contributed by atoms with E-state index in [-0.39, 0.29) is 0 Å². The summed E-state index contributed by atoms with van der Waals surface area (Å²) in [6.45, 7) is 1.86. The summed E-state index contributed by atoms with van der Waals surface area (Å²) in [4.78, 5) is 0. The van der Waals surface area contributed by atoms with Crippen molar-refractivity contribution >= 4 is 28.3 Å². The fourth-order valence-electron chi connectivity index (χ4n) is 1.67. The summed E-state index contributed by atoms with van der Waals surface area (Å²) in [5.74, 6) is 0.578. The van der Waals surface area contributed by atoms with Gasteiger partial charge in [0.05, 0.1) is 17.6 Å². The van der Waals surface area contributed by atoms with Crippen LogP contribution in [0.1, 0.15) is 12.5 Å². The molecule has 3 heteroatoms. The van der Waals surface area contributed by atoms with Crippen LogP contribution in [0, 0.1) is 0 Å². The highest BCUT2D eigenvalue weighted by atomic mass is 32.2. The summed E-state index contributed by atoms with van der Waals surface area (Å²) in [6, 6.07) is 14.6. The van der Waals surface area contributed by atoms with Crippen molar-refractivity contribution < 1.29 is 4.55 Å². The van der Waals surface area contributed by atoms with Gasteiger partial charge in [-0.05, 0) is 23.3 Å². The average Bonchev–Trinajstić information content (AvgIpc) is 2.38. The fraction of sp³-hybridized carbons (Fsp3) is 0.214. The molecule has 2 nitrogen and oxygen atoms in total. The van der Waals surface area contributed by atoms with Crippen LogP contribution in [0.5, 0.6) is 0 Å². The van der Waals surface area contributed by atoms with Crippen molar-refractivity contribution in [2.75, 3.05) is 5.75 Å². The van der Waals surface area contributed by atoms with Crippen LogP contribution >= 0.6 is 0 Å². The number of nitrogens with zero attached hydrogens (tertiary/aromatic N) is 1. The predicted octanol–water partition coefficient (Wildman–Crippen LogP) is 3.14. The summed E-state index contributed by atoms with van der Waals surface area (Å²) >= 11 is -1.06. The molecule has 17 heavy (non-hydrogen) atoms. The molecule has 88 valence electrons. The second-order valence-corrected chi connectivity index (χ2v) is 5.21. The largest absolute Gasteiger partial charge is 0.591 e. The SMILES string of the molecule is CC[S+]([O-])N=CCc1ccc2ccccc2c1. The molecule has 1 atom stereocenters. The van der Waals surface area contributed by atoms with Crippen LogP contribution in [-0.2, 0) is 17.8 Å². The fourth-order valence-corrected chi connectivity index (χ4v) is 2.06. The molecule has 0 saturated heterocycles. The molecule has 0 aliphatic rings. The second kappa shape index (κ2) is 5.84. The summed E-state index contributed by atoms with van der Waals surface area (Å²) in [6.07, 6.45) is 2.47. The average molecular weight is 245 g/mol. The Morgan fingerprint density at radius 1 is 1.18 bits per heavy atom. The smallest absolute Gasteiger partial charge is 0.130 e. The normalized spacial score (nSPS) is 13.3. The van der Waals surface area contributed by atoms with Gasteiger partial charge in [0.15, 0.2) is 0 Å². The van der Waals surface area contributed by atoms with Gasteiger partial charge in [-0.3, -0.25) is 0 Å². The number of fused-ring (bicyclic) bond motifs is 1. The lowest BCUT2D eigenvalue weighted by Crippen LogP contribution is -1.99. The summed E-state index contributed by atoms with van der Waals surface area (Å²) < 4.78 is 15.1. The third kappa shape index (κ3) is 3.32. The van der Waals surface area contributed by atoms with Crippen molar-refractivity contribution in [1.29, 1.82) is 0 Å². The summed E-state index contributed by atoms with van der Waals surface area (Å²) in [7, 11) is 0. The monoisotopic (exact) mass is 245 g/mol. The van der Waals surface area contributed by atoms with Gasteiger partial charge >= 0.3 is 0 Å². The highest BCUT2D eigenvalue weighted by Crippen LogP contribution is 2.15. The first kappa shape index (κ1) is 12.1. The molecule has 0 fully saturated rings. The molecule has 0 saturated carbocycles. The standard InChI is InChI=1S/C14H15NOS/c1-2-17(16)15-10-9-12-7-8-13-5-3-4-6-14(13)11-12/h3-8,10-11H,2,9H2,1H3. The van der Waals surface area contributed by atoms with Crippen molar-refractivity contribution in [3.8, 4) is 0 Å². The van der Waals surface area contributed by atoms with E-state index in [1.165, 1.54) is 16.3 Å². The van der Waals surface area contributed by atoms with Crippen molar-refractivity contribution in [3.63, 3.8) is 0 Å². The van der Waals surface area contributed by atoms with Crippen molar-refractivity contribution in [1.82, 2.24) is 0 Å². The highest BCUT2D eigenvalue weighted by molar-refractivity contribution is 7.90. The Morgan fingerprint density at radius 2 is 1.94 bits per heavy atom. The van der Waals surface area contributed by atoms with E-state index in [9.17, 15) is 4.55 Å². The summed E-state index contributed by atoms with van der Waals surface area (Å²) in [5, 5.41) is 2.47. The third-order valence-corrected chi connectivity index (χ3v) is 3.46. The van der Waals surface area contributed by atoms with E-state index < -0.39 is 11.4 Å². The molecule has 0 radical (unpaired) electrons. The van der Waals surface area contributed by atoms with Gasteiger partial charge in [0.25, 0.3) is 0 Å². The zero-order valence-corrected chi connectivity index (χ0v) is 10.6. The molecule has 0 amide bonds. The number of hydrogen-bond acceptors (Lipinski definition) is 2. The first-order valence-corrected chi connectivity index (χ1v) is 6.96. The van der Waals surface area contributed by atoms with Crippen LogP contribution in [-0.4, -0.2) is 16.5 Å². The Labute approximate surface area is 105 Å². The van der Waals surface area contributed by atoms with Crippen LogP contribution in [0.25, 0.3) is 10.8 Å². The molecule has 2 aromatic rings. The minimum Gasteiger partial charge on any atom is -0.591 e. The minimum absolute atomic E-state index is 0.578. The molecular formula is C14H15NOS. The van der Waals surface area contributed by atoms with Gasteiger partial charge in [0.1, 0.15) is 5.75 Å². The van der Waals surface area contributed by atoms with Crippen molar-refractivity contribution in [2.24, 2.45) is 4.40 Å². The second-order valence-electron chi connectivity index (χ2n) is 3.78. The van der Waals surface area contributed by atoms with Gasteiger partial charge in [-0.15, -0.1) is 0 Å². The topological polar surface area (TPSA) is 35.4 Å². The zero-order valence-electron chi connectivity index (χ0n) is 9.80. The lowest BCUT2D eigenvalue weighted by molar-refractivity contribution is 0.598. The maximum Gasteiger partial charge on any atom is 0.130 e. The third-order valence-electron chi connectivity index (χ3n) is 2.58. The van der Waals surface area contributed by atoms with E-state index in [1.807, 2.05) is 19.1 Å². The van der Waals surface area contributed by atoms with Crippen LogP contribution in [0.3, 0.4) is 0 Å². The Balaban J connectivity index is 2.12. The number of hydrogen-bond donors (Lipinski definition) is 0. The first-order valence-electron chi connectivity index (χ1n) is 5.68. The van der Waals surface area contributed by atoms with Crippen molar-refractivity contribution in [3.05, 3.63) is 48.0 Å². The van der Waals surface area contributed by atoms with E-state index in [4.69, 9.17) is 0 Å². The van der Waals surface area contributed by atoms with Crippen LogP contribution in [0.2, 0.25) is 0 Å². The number of rotatable bonds is 4. The van der Waals surface area contributed by atoms with Gasteiger partial charge in [0.2, 0.25) is 0 Å². The van der Waals surface area contributed by atoms with Crippen LogP contribution < -0.4 is 0 Å². The minimum atomic E-state index is -1.06. The number of benzene rings is 2.